The van der Waals surface area contributed by atoms with Gasteiger partial charge in [-0.25, -0.2) is 14.8 Å². The SMILES string of the molecule is COC(=O)c1cc(C(=O)NC(C)c2ccc(/C(N)=N/N)cc2)ncn1. The number of nitrogens with zero attached hydrogens (tertiary/aromatic N) is 3. The van der Waals surface area contributed by atoms with Crippen LogP contribution in [0, 0.1) is 0 Å². The molecule has 9 heteroatoms. The van der Waals surface area contributed by atoms with Crippen molar-refractivity contribution in [3.63, 3.8) is 0 Å². The number of nitrogens with two attached hydrogens (primary N) is 2. The van der Waals surface area contributed by atoms with Crippen LogP contribution in [0.1, 0.15) is 45.1 Å². The summed E-state index contributed by atoms with van der Waals surface area (Å²) >= 11 is 0. The summed E-state index contributed by atoms with van der Waals surface area (Å²) in [4.78, 5) is 31.4. The lowest BCUT2D eigenvalue weighted by Crippen LogP contribution is -2.28. The van der Waals surface area contributed by atoms with Crippen molar-refractivity contribution in [2.45, 2.75) is 13.0 Å². The van der Waals surface area contributed by atoms with Gasteiger partial charge in [0.2, 0.25) is 0 Å². The molecule has 1 unspecified atom stereocenters. The number of aromatic nitrogens is 2. The lowest BCUT2D eigenvalue weighted by molar-refractivity contribution is 0.0593. The molecule has 5 N–H and O–H groups in total. The largest absolute Gasteiger partial charge is 0.464 e. The van der Waals surface area contributed by atoms with E-state index in [1.54, 1.807) is 24.3 Å². The lowest BCUT2D eigenvalue weighted by atomic mass is 10.1. The summed E-state index contributed by atoms with van der Waals surface area (Å²) in [5.74, 6) is 4.28. The number of benzene rings is 1. The molecule has 1 heterocycles. The van der Waals surface area contributed by atoms with Crippen LogP contribution in [0.15, 0.2) is 41.8 Å². The number of amidine groups is 1. The van der Waals surface area contributed by atoms with E-state index in [2.05, 4.69) is 25.1 Å². The van der Waals surface area contributed by atoms with E-state index in [-0.39, 0.29) is 23.3 Å². The summed E-state index contributed by atoms with van der Waals surface area (Å²) in [6, 6.07) is 8.09. The molecule has 130 valence electrons. The average molecular weight is 342 g/mol. The molecule has 1 aromatic carbocycles. The molecule has 1 amide bonds. The number of carbonyl (C=O) groups is 2. The molecule has 0 aliphatic rings. The molecule has 0 bridgehead atoms. The van der Waals surface area contributed by atoms with Crippen LogP contribution in [0.5, 0.6) is 0 Å². The number of rotatable bonds is 5. The van der Waals surface area contributed by atoms with Crippen molar-refractivity contribution in [3.8, 4) is 0 Å². The second kappa shape index (κ2) is 7.86. The van der Waals surface area contributed by atoms with Crippen LogP contribution in [0.25, 0.3) is 0 Å². The molecule has 25 heavy (non-hydrogen) atoms. The number of carbonyl (C=O) groups excluding carboxylic acids is 2. The van der Waals surface area contributed by atoms with Gasteiger partial charge in [0.1, 0.15) is 17.9 Å². The van der Waals surface area contributed by atoms with Crippen LogP contribution >= 0.6 is 0 Å². The molecular formula is C16H18N6O3. The molecule has 0 spiro atoms. The van der Waals surface area contributed by atoms with Crippen LogP contribution in [-0.4, -0.2) is 34.8 Å². The second-order valence-electron chi connectivity index (χ2n) is 5.11. The molecule has 2 aromatic rings. The van der Waals surface area contributed by atoms with Crippen LogP contribution in [0.3, 0.4) is 0 Å². The molecular weight excluding hydrogens is 324 g/mol. The summed E-state index contributed by atoms with van der Waals surface area (Å²) in [5.41, 5.74) is 7.24. The minimum Gasteiger partial charge on any atom is -0.464 e. The zero-order valence-corrected chi connectivity index (χ0v) is 13.8. The van der Waals surface area contributed by atoms with Gasteiger partial charge in [-0.1, -0.05) is 24.3 Å². The van der Waals surface area contributed by atoms with Gasteiger partial charge in [-0.15, -0.1) is 0 Å². The fourth-order valence-corrected chi connectivity index (χ4v) is 2.07. The summed E-state index contributed by atoms with van der Waals surface area (Å²) in [6.07, 6.45) is 1.13. The van der Waals surface area contributed by atoms with Crippen LogP contribution in [0.2, 0.25) is 0 Å². The average Bonchev–Trinajstić information content (AvgIpc) is 2.66. The van der Waals surface area contributed by atoms with E-state index >= 15 is 0 Å². The number of hydrogen-bond donors (Lipinski definition) is 3. The van der Waals surface area contributed by atoms with Gasteiger partial charge in [0.15, 0.2) is 5.69 Å². The number of esters is 1. The highest BCUT2D eigenvalue weighted by Gasteiger charge is 2.16. The highest BCUT2D eigenvalue weighted by Crippen LogP contribution is 2.14. The molecule has 0 aliphatic heterocycles. The van der Waals surface area contributed by atoms with Crippen molar-refractivity contribution in [2.75, 3.05) is 7.11 Å². The molecule has 2 rings (SSSR count). The Morgan fingerprint density at radius 2 is 1.84 bits per heavy atom. The minimum absolute atomic E-state index is 0.0104. The Labute approximate surface area is 144 Å². The van der Waals surface area contributed by atoms with Gasteiger partial charge in [-0.05, 0) is 12.5 Å². The molecule has 0 saturated heterocycles. The Morgan fingerprint density at radius 3 is 2.44 bits per heavy atom. The third-order valence-electron chi connectivity index (χ3n) is 3.49. The van der Waals surface area contributed by atoms with Crippen LogP contribution in [-0.2, 0) is 4.74 Å². The van der Waals surface area contributed by atoms with Crippen molar-refractivity contribution in [3.05, 3.63) is 59.2 Å². The number of hydrazone groups is 1. The Morgan fingerprint density at radius 1 is 1.20 bits per heavy atom. The molecule has 1 aromatic heterocycles. The molecule has 0 fully saturated rings. The van der Waals surface area contributed by atoms with Gasteiger partial charge < -0.3 is 21.6 Å². The quantitative estimate of drug-likeness (QED) is 0.233. The predicted octanol–water partition coefficient (Wildman–Crippen LogP) is 0.333. The summed E-state index contributed by atoms with van der Waals surface area (Å²) in [5, 5.41) is 6.22. The number of amides is 1. The fraction of sp³-hybridized carbons (Fsp3) is 0.188. The predicted molar refractivity (Wildman–Crippen MR) is 90.6 cm³/mol. The van der Waals surface area contributed by atoms with Crippen LogP contribution in [0.4, 0.5) is 0 Å². The molecule has 0 saturated carbocycles. The first-order valence-corrected chi connectivity index (χ1v) is 7.31. The number of methoxy groups -OCH3 is 1. The lowest BCUT2D eigenvalue weighted by Gasteiger charge is -2.14. The van der Waals surface area contributed by atoms with Crippen LogP contribution < -0.4 is 16.9 Å². The van der Waals surface area contributed by atoms with Crippen molar-refractivity contribution in [1.29, 1.82) is 0 Å². The fourth-order valence-electron chi connectivity index (χ4n) is 2.07. The Bertz CT molecular complexity index is 804. The van der Waals surface area contributed by atoms with Crippen molar-refractivity contribution >= 4 is 17.7 Å². The third-order valence-corrected chi connectivity index (χ3v) is 3.49. The maximum absolute atomic E-state index is 12.3. The van der Waals surface area contributed by atoms with Gasteiger partial charge >= 0.3 is 5.97 Å². The molecule has 1 atom stereocenters. The number of nitrogens with one attached hydrogen (secondary N) is 1. The van der Waals surface area contributed by atoms with Crippen molar-refractivity contribution in [2.24, 2.45) is 16.7 Å². The standard InChI is InChI=1S/C16H18N6O3/c1-9(10-3-5-11(6-4-10)14(17)22-18)21-15(23)12-7-13(16(24)25-2)20-8-19-12/h3-9H,18H2,1-2H3,(H2,17,22)(H,21,23). The molecule has 0 radical (unpaired) electrons. The van der Waals surface area contributed by atoms with E-state index in [0.717, 1.165) is 11.9 Å². The number of hydrogen-bond acceptors (Lipinski definition) is 7. The Kier molecular flexibility index (Phi) is 5.62. The second-order valence-corrected chi connectivity index (χ2v) is 5.11. The topological polar surface area (TPSA) is 146 Å². The first-order valence-electron chi connectivity index (χ1n) is 7.31. The first-order chi connectivity index (χ1) is 12.0. The van der Waals surface area contributed by atoms with Crippen molar-refractivity contribution < 1.29 is 14.3 Å². The number of ether oxygens (including phenoxy) is 1. The van der Waals surface area contributed by atoms with Crippen molar-refractivity contribution in [1.82, 2.24) is 15.3 Å². The van der Waals surface area contributed by atoms with E-state index in [0.29, 0.717) is 5.56 Å². The van der Waals surface area contributed by atoms with Gasteiger partial charge in [0.05, 0.1) is 13.2 Å². The maximum atomic E-state index is 12.3. The highest BCUT2D eigenvalue weighted by atomic mass is 16.5. The van der Waals surface area contributed by atoms with E-state index in [9.17, 15) is 9.59 Å². The van der Waals surface area contributed by atoms with E-state index in [1.807, 2.05) is 6.92 Å². The van der Waals surface area contributed by atoms with Gasteiger partial charge in [0.25, 0.3) is 5.91 Å². The van der Waals surface area contributed by atoms with E-state index < -0.39 is 11.9 Å². The van der Waals surface area contributed by atoms with E-state index in [1.165, 1.54) is 13.2 Å². The third kappa shape index (κ3) is 4.28. The summed E-state index contributed by atoms with van der Waals surface area (Å²) < 4.78 is 4.57. The van der Waals surface area contributed by atoms with E-state index in [4.69, 9.17) is 11.6 Å². The minimum atomic E-state index is -0.640. The molecule has 9 nitrogen and oxygen atoms in total. The van der Waals surface area contributed by atoms with Gasteiger partial charge in [-0.2, -0.15) is 5.10 Å². The Balaban J connectivity index is 2.11. The normalized spacial score (nSPS) is 12.3. The zero-order chi connectivity index (χ0) is 18.4. The summed E-state index contributed by atoms with van der Waals surface area (Å²) in [6.45, 7) is 1.82. The molecule has 0 aliphatic carbocycles. The zero-order valence-electron chi connectivity index (χ0n) is 13.8. The Hall–Kier alpha value is -3.49. The summed E-state index contributed by atoms with van der Waals surface area (Å²) in [7, 11) is 1.23. The highest BCUT2D eigenvalue weighted by molar-refractivity contribution is 5.97. The monoisotopic (exact) mass is 342 g/mol. The van der Waals surface area contributed by atoms with Gasteiger partial charge in [0, 0.05) is 11.6 Å². The smallest absolute Gasteiger partial charge is 0.356 e. The van der Waals surface area contributed by atoms with Gasteiger partial charge in [-0.3, -0.25) is 4.79 Å². The maximum Gasteiger partial charge on any atom is 0.356 e. The first kappa shape index (κ1) is 17.9.